The summed E-state index contributed by atoms with van der Waals surface area (Å²) in [5, 5.41) is 7.96. The molecule has 1 aliphatic rings. The first kappa shape index (κ1) is 21.1. The van der Waals surface area contributed by atoms with E-state index in [1.54, 1.807) is 6.07 Å². The van der Waals surface area contributed by atoms with Gasteiger partial charge in [0.05, 0.1) is 33.2 Å². The third-order valence-corrected chi connectivity index (χ3v) is 6.04. The summed E-state index contributed by atoms with van der Waals surface area (Å²) in [6, 6.07) is 12.8. The molecule has 30 heavy (non-hydrogen) atoms. The van der Waals surface area contributed by atoms with Crippen molar-refractivity contribution in [2.45, 2.75) is 19.4 Å². The van der Waals surface area contributed by atoms with Crippen LogP contribution in [0.15, 0.2) is 47.0 Å². The van der Waals surface area contributed by atoms with E-state index in [0.29, 0.717) is 45.6 Å². The molecule has 1 amide bonds. The van der Waals surface area contributed by atoms with E-state index in [1.165, 1.54) is 6.07 Å². The summed E-state index contributed by atoms with van der Waals surface area (Å²) in [4.78, 5) is 19.4. The fraction of sp³-hybridized carbons (Fsp3) is 0.286. The molecule has 1 aliphatic heterocycles. The van der Waals surface area contributed by atoms with Gasteiger partial charge in [-0.2, -0.15) is 4.98 Å². The average Bonchev–Trinajstić information content (AvgIpc) is 3.21. The number of nitrogens with zero attached hydrogens (tertiary/aromatic N) is 3. The number of hydrogen-bond donors (Lipinski definition) is 1. The zero-order valence-electron chi connectivity index (χ0n) is 15.9. The van der Waals surface area contributed by atoms with Crippen LogP contribution in [-0.4, -0.2) is 34.0 Å². The van der Waals surface area contributed by atoms with Gasteiger partial charge in [0.1, 0.15) is 0 Å². The van der Waals surface area contributed by atoms with Crippen LogP contribution in [0.3, 0.4) is 0 Å². The molecule has 1 unspecified atom stereocenters. The van der Waals surface area contributed by atoms with Crippen molar-refractivity contribution >= 4 is 46.4 Å². The molecule has 9 heteroatoms. The first-order chi connectivity index (χ1) is 14.5. The fourth-order valence-corrected chi connectivity index (χ4v) is 4.08. The van der Waals surface area contributed by atoms with Crippen molar-refractivity contribution in [3.05, 3.63) is 63.4 Å². The van der Waals surface area contributed by atoms with Crippen molar-refractivity contribution in [1.82, 2.24) is 15.0 Å². The number of hydrogen-bond acceptors (Lipinski definition) is 5. The Labute approximate surface area is 189 Å². The zero-order chi connectivity index (χ0) is 21.1. The molecule has 3 aromatic rings. The van der Waals surface area contributed by atoms with Gasteiger partial charge in [0.25, 0.3) is 0 Å². The number of carbonyl (C=O) groups is 1. The zero-order valence-corrected chi connectivity index (χ0v) is 18.2. The summed E-state index contributed by atoms with van der Waals surface area (Å²) in [5.74, 6) is 0.810. The van der Waals surface area contributed by atoms with E-state index >= 15 is 0 Å². The van der Waals surface area contributed by atoms with Crippen LogP contribution in [0, 0.1) is 5.92 Å². The first-order valence-corrected chi connectivity index (χ1v) is 10.7. The third kappa shape index (κ3) is 4.95. The monoisotopic (exact) mass is 464 g/mol. The predicted molar refractivity (Wildman–Crippen MR) is 118 cm³/mol. The minimum Gasteiger partial charge on any atom is -0.338 e. The topological polar surface area (TPSA) is 71.3 Å². The smallest absolute Gasteiger partial charge is 0.241 e. The average molecular weight is 466 g/mol. The Kier molecular flexibility index (Phi) is 6.58. The Bertz CT molecular complexity index is 1040. The molecule has 2 heterocycles. The molecule has 0 spiro atoms. The van der Waals surface area contributed by atoms with E-state index in [0.717, 1.165) is 24.9 Å². The Morgan fingerprint density at radius 3 is 2.70 bits per heavy atom. The SMILES string of the molecule is O=C(Nc1cc(Cl)c(Cl)cc1Cl)C1CCCN(Cc2nc(-c3ccccc3)no2)C1. The number of aromatic nitrogens is 2. The summed E-state index contributed by atoms with van der Waals surface area (Å²) in [5.41, 5.74) is 1.36. The molecule has 1 aromatic heterocycles. The summed E-state index contributed by atoms with van der Waals surface area (Å²) in [7, 11) is 0. The van der Waals surface area contributed by atoms with Gasteiger partial charge in [-0.05, 0) is 31.5 Å². The van der Waals surface area contributed by atoms with E-state index in [4.69, 9.17) is 39.3 Å². The van der Waals surface area contributed by atoms with Crippen LogP contribution in [0.4, 0.5) is 5.69 Å². The molecule has 0 radical (unpaired) electrons. The molecule has 0 aliphatic carbocycles. The lowest BCUT2D eigenvalue weighted by atomic mass is 9.97. The second kappa shape index (κ2) is 9.35. The Morgan fingerprint density at radius 1 is 1.13 bits per heavy atom. The molecule has 1 atom stereocenters. The van der Waals surface area contributed by atoms with E-state index in [9.17, 15) is 4.79 Å². The summed E-state index contributed by atoms with van der Waals surface area (Å²) in [6.07, 6.45) is 1.69. The van der Waals surface area contributed by atoms with Crippen molar-refractivity contribution < 1.29 is 9.32 Å². The second-order valence-electron chi connectivity index (χ2n) is 7.19. The van der Waals surface area contributed by atoms with E-state index in [1.807, 2.05) is 30.3 Å². The van der Waals surface area contributed by atoms with Crippen molar-refractivity contribution in [3.8, 4) is 11.4 Å². The maximum absolute atomic E-state index is 12.8. The van der Waals surface area contributed by atoms with Gasteiger partial charge in [0, 0.05) is 12.1 Å². The number of piperidine rings is 1. The molecule has 1 fully saturated rings. The van der Waals surface area contributed by atoms with Crippen molar-refractivity contribution in [2.24, 2.45) is 5.92 Å². The largest absolute Gasteiger partial charge is 0.338 e. The number of anilines is 1. The molecular formula is C21H19Cl3N4O2. The Hall–Kier alpha value is -2.12. The number of amides is 1. The van der Waals surface area contributed by atoms with Crippen LogP contribution in [-0.2, 0) is 11.3 Å². The number of likely N-dealkylation sites (tertiary alicyclic amines) is 1. The first-order valence-electron chi connectivity index (χ1n) is 9.55. The highest BCUT2D eigenvalue weighted by atomic mass is 35.5. The predicted octanol–water partition coefficient (Wildman–Crippen LogP) is 5.55. The number of halogens is 3. The summed E-state index contributed by atoms with van der Waals surface area (Å²) in [6.45, 7) is 1.95. The number of benzene rings is 2. The van der Waals surface area contributed by atoms with Crippen LogP contribution in [0.1, 0.15) is 18.7 Å². The van der Waals surface area contributed by atoms with Crippen molar-refractivity contribution in [2.75, 3.05) is 18.4 Å². The number of nitrogens with one attached hydrogen (secondary N) is 1. The summed E-state index contributed by atoms with van der Waals surface area (Å²) >= 11 is 18.2. The highest BCUT2D eigenvalue weighted by Gasteiger charge is 2.27. The van der Waals surface area contributed by atoms with E-state index < -0.39 is 0 Å². The van der Waals surface area contributed by atoms with E-state index in [2.05, 4.69) is 20.4 Å². The molecule has 156 valence electrons. The van der Waals surface area contributed by atoms with Gasteiger partial charge >= 0.3 is 0 Å². The number of rotatable bonds is 5. The lowest BCUT2D eigenvalue weighted by Crippen LogP contribution is -2.40. The van der Waals surface area contributed by atoms with Crippen LogP contribution in [0.5, 0.6) is 0 Å². The maximum atomic E-state index is 12.8. The van der Waals surface area contributed by atoms with Crippen molar-refractivity contribution in [3.63, 3.8) is 0 Å². The van der Waals surface area contributed by atoms with Gasteiger partial charge in [0.15, 0.2) is 0 Å². The van der Waals surface area contributed by atoms with Gasteiger partial charge < -0.3 is 9.84 Å². The molecule has 1 saturated heterocycles. The van der Waals surface area contributed by atoms with Gasteiger partial charge in [-0.3, -0.25) is 9.69 Å². The summed E-state index contributed by atoms with van der Waals surface area (Å²) < 4.78 is 5.41. The normalized spacial score (nSPS) is 17.1. The van der Waals surface area contributed by atoms with Crippen LogP contribution in [0.25, 0.3) is 11.4 Å². The molecule has 2 aromatic carbocycles. The third-order valence-electron chi connectivity index (χ3n) is 5.00. The number of carbonyl (C=O) groups excluding carboxylic acids is 1. The van der Waals surface area contributed by atoms with Crippen LogP contribution in [0.2, 0.25) is 15.1 Å². The lowest BCUT2D eigenvalue weighted by molar-refractivity contribution is -0.121. The molecular weight excluding hydrogens is 447 g/mol. The van der Waals surface area contributed by atoms with Crippen molar-refractivity contribution in [1.29, 1.82) is 0 Å². The highest BCUT2D eigenvalue weighted by molar-refractivity contribution is 6.44. The molecule has 6 nitrogen and oxygen atoms in total. The minimum atomic E-state index is -0.180. The van der Waals surface area contributed by atoms with Crippen LogP contribution >= 0.6 is 34.8 Å². The fourth-order valence-electron chi connectivity index (χ4n) is 3.48. The molecule has 0 bridgehead atoms. The quantitative estimate of drug-likeness (QED) is 0.500. The van der Waals surface area contributed by atoms with Crippen LogP contribution < -0.4 is 5.32 Å². The van der Waals surface area contributed by atoms with Gasteiger partial charge in [0.2, 0.25) is 17.6 Å². The molecule has 4 rings (SSSR count). The Balaban J connectivity index is 1.38. The van der Waals surface area contributed by atoms with Gasteiger partial charge in [-0.15, -0.1) is 0 Å². The molecule has 0 saturated carbocycles. The molecule has 1 N–H and O–H groups in total. The standard InChI is InChI=1S/C21H19Cl3N4O2/c22-15-9-17(24)18(10-16(15)23)25-21(29)14-7-4-8-28(11-14)12-19-26-20(27-30-19)13-5-2-1-3-6-13/h1-3,5-6,9-10,14H,4,7-8,11-12H2,(H,25,29). The lowest BCUT2D eigenvalue weighted by Gasteiger charge is -2.31. The maximum Gasteiger partial charge on any atom is 0.241 e. The highest BCUT2D eigenvalue weighted by Crippen LogP contribution is 2.33. The minimum absolute atomic E-state index is 0.101. The van der Waals surface area contributed by atoms with Gasteiger partial charge in [-0.25, -0.2) is 0 Å². The Morgan fingerprint density at radius 2 is 1.90 bits per heavy atom. The van der Waals surface area contributed by atoms with E-state index in [-0.39, 0.29) is 11.8 Å². The second-order valence-corrected chi connectivity index (χ2v) is 8.41. The van der Waals surface area contributed by atoms with Gasteiger partial charge in [-0.1, -0.05) is 70.3 Å².